The molecule has 6 nitrogen and oxygen atoms in total. The van der Waals surface area contributed by atoms with Crippen molar-refractivity contribution in [3.63, 3.8) is 0 Å². The average molecular weight is 481 g/mol. The van der Waals surface area contributed by atoms with Crippen LogP contribution in [0.1, 0.15) is 18.1 Å². The Labute approximate surface area is 197 Å². The van der Waals surface area contributed by atoms with E-state index in [0.29, 0.717) is 23.0 Å². The van der Waals surface area contributed by atoms with Crippen molar-refractivity contribution < 1.29 is 17.9 Å². The number of carbonyl (C=O) groups is 1. The van der Waals surface area contributed by atoms with Gasteiger partial charge >= 0.3 is 0 Å². The molecule has 0 N–H and O–H groups in total. The molecule has 170 valence electrons. The highest BCUT2D eigenvalue weighted by Gasteiger charge is 2.27. The van der Waals surface area contributed by atoms with Crippen LogP contribution in [0.25, 0.3) is 10.2 Å². The molecule has 0 atom stereocenters. The third kappa shape index (κ3) is 5.23. The summed E-state index contributed by atoms with van der Waals surface area (Å²) in [6.07, 6.45) is 0. The SMILES string of the molecule is CCOc1cccc2sc(N(Cc3ccccc3)C(=O)CS(=O)(=O)c3ccc(C)cc3)nc12. The summed E-state index contributed by atoms with van der Waals surface area (Å²) in [6.45, 7) is 4.49. The van der Waals surface area contributed by atoms with E-state index in [9.17, 15) is 13.2 Å². The van der Waals surface area contributed by atoms with Crippen molar-refractivity contribution in [1.82, 2.24) is 4.98 Å². The second-order valence-electron chi connectivity index (χ2n) is 7.57. The predicted octanol–water partition coefficient (Wildman–Crippen LogP) is 5.01. The van der Waals surface area contributed by atoms with E-state index in [-0.39, 0.29) is 11.4 Å². The number of benzene rings is 3. The maximum Gasteiger partial charge on any atom is 0.244 e. The second kappa shape index (κ2) is 9.72. The number of aromatic nitrogens is 1. The molecule has 0 aliphatic heterocycles. The minimum absolute atomic E-state index is 0.129. The minimum atomic E-state index is -3.81. The van der Waals surface area contributed by atoms with Gasteiger partial charge in [0.1, 0.15) is 17.0 Å². The van der Waals surface area contributed by atoms with Gasteiger partial charge in [-0.3, -0.25) is 9.69 Å². The summed E-state index contributed by atoms with van der Waals surface area (Å²) in [5.74, 6) is -0.537. The van der Waals surface area contributed by atoms with Crippen LogP contribution in [0.15, 0.2) is 77.7 Å². The summed E-state index contributed by atoms with van der Waals surface area (Å²) < 4.78 is 32.5. The Hall–Kier alpha value is -3.23. The van der Waals surface area contributed by atoms with E-state index < -0.39 is 21.5 Å². The van der Waals surface area contributed by atoms with Crippen molar-refractivity contribution in [2.24, 2.45) is 0 Å². The van der Waals surface area contributed by atoms with Crippen LogP contribution in [0, 0.1) is 6.92 Å². The number of fused-ring (bicyclic) bond motifs is 1. The number of hydrogen-bond donors (Lipinski definition) is 0. The molecule has 0 spiro atoms. The van der Waals surface area contributed by atoms with E-state index in [2.05, 4.69) is 4.98 Å². The van der Waals surface area contributed by atoms with Gasteiger partial charge in [0.2, 0.25) is 5.91 Å². The second-order valence-corrected chi connectivity index (χ2v) is 10.6. The highest BCUT2D eigenvalue weighted by molar-refractivity contribution is 7.92. The van der Waals surface area contributed by atoms with Gasteiger partial charge in [0.05, 0.1) is 22.7 Å². The lowest BCUT2D eigenvalue weighted by atomic mass is 10.2. The molecule has 4 rings (SSSR count). The van der Waals surface area contributed by atoms with Gasteiger partial charge in [0.15, 0.2) is 15.0 Å². The van der Waals surface area contributed by atoms with Crippen LogP contribution < -0.4 is 9.64 Å². The Bertz CT molecular complexity index is 1360. The molecule has 0 aliphatic carbocycles. The molecule has 8 heteroatoms. The zero-order valence-corrected chi connectivity index (χ0v) is 20.0. The first-order valence-corrected chi connectivity index (χ1v) is 13.0. The summed E-state index contributed by atoms with van der Waals surface area (Å²) in [4.78, 5) is 19.6. The van der Waals surface area contributed by atoms with Crippen molar-refractivity contribution in [2.75, 3.05) is 17.3 Å². The molecule has 33 heavy (non-hydrogen) atoms. The lowest BCUT2D eigenvalue weighted by molar-refractivity contribution is -0.116. The largest absolute Gasteiger partial charge is 0.492 e. The number of para-hydroxylation sites is 1. The molecule has 3 aromatic carbocycles. The molecule has 0 aliphatic rings. The van der Waals surface area contributed by atoms with Gasteiger partial charge in [-0.1, -0.05) is 65.4 Å². The normalized spacial score (nSPS) is 11.5. The van der Waals surface area contributed by atoms with Gasteiger partial charge < -0.3 is 4.74 Å². The summed E-state index contributed by atoms with van der Waals surface area (Å²) >= 11 is 1.34. The number of nitrogens with zero attached hydrogens (tertiary/aromatic N) is 2. The highest BCUT2D eigenvalue weighted by atomic mass is 32.2. The zero-order chi connectivity index (χ0) is 23.4. The Balaban J connectivity index is 1.70. The van der Waals surface area contributed by atoms with E-state index in [1.807, 2.05) is 62.4 Å². The van der Waals surface area contributed by atoms with Gasteiger partial charge in [-0.2, -0.15) is 0 Å². The average Bonchev–Trinajstić information content (AvgIpc) is 3.23. The summed E-state index contributed by atoms with van der Waals surface area (Å²) in [7, 11) is -3.81. The maximum absolute atomic E-state index is 13.4. The fourth-order valence-corrected chi connectivity index (χ4v) is 5.59. The Morgan fingerprint density at radius 3 is 2.42 bits per heavy atom. The van der Waals surface area contributed by atoms with Crippen LogP contribution in [0.2, 0.25) is 0 Å². The Morgan fingerprint density at radius 2 is 1.73 bits per heavy atom. The summed E-state index contributed by atoms with van der Waals surface area (Å²) in [5.41, 5.74) is 2.49. The summed E-state index contributed by atoms with van der Waals surface area (Å²) in [5, 5.41) is 0.435. The molecule has 0 saturated carbocycles. The van der Waals surface area contributed by atoms with Crippen LogP contribution >= 0.6 is 11.3 Å². The van der Waals surface area contributed by atoms with E-state index in [1.165, 1.54) is 28.4 Å². The molecule has 4 aromatic rings. The molecular weight excluding hydrogens is 456 g/mol. The maximum atomic E-state index is 13.4. The van der Waals surface area contributed by atoms with E-state index in [4.69, 9.17) is 4.74 Å². The third-order valence-corrected chi connectivity index (χ3v) is 7.74. The number of thiazole rings is 1. The molecule has 0 unspecified atom stereocenters. The number of ether oxygens (including phenoxy) is 1. The van der Waals surface area contributed by atoms with Gasteiger partial charge in [0, 0.05) is 0 Å². The van der Waals surface area contributed by atoms with Crippen molar-refractivity contribution >= 4 is 42.4 Å². The number of amides is 1. The molecule has 1 aromatic heterocycles. The molecule has 0 fully saturated rings. The number of rotatable bonds is 8. The smallest absolute Gasteiger partial charge is 0.244 e. The van der Waals surface area contributed by atoms with Crippen molar-refractivity contribution in [3.8, 4) is 5.75 Å². The Kier molecular flexibility index (Phi) is 6.76. The summed E-state index contributed by atoms with van der Waals surface area (Å²) in [6, 6.07) is 21.6. The lowest BCUT2D eigenvalue weighted by Crippen LogP contribution is -2.35. The van der Waals surface area contributed by atoms with E-state index in [0.717, 1.165) is 15.8 Å². The molecule has 1 heterocycles. The monoisotopic (exact) mass is 480 g/mol. The number of anilines is 1. The predicted molar refractivity (Wildman–Crippen MR) is 132 cm³/mol. The fourth-order valence-electron chi connectivity index (χ4n) is 3.40. The molecule has 1 amide bonds. The van der Waals surface area contributed by atoms with Crippen LogP contribution in [0.5, 0.6) is 5.75 Å². The minimum Gasteiger partial charge on any atom is -0.492 e. The van der Waals surface area contributed by atoms with Crippen LogP contribution in [-0.4, -0.2) is 31.7 Å². The van der Waals surface area contributed by atoms with Gasteiger partial charge in [-0.15, -0.1) is 0 Å². The Morgan fingerprint density at radius 1 is 1.00 bits per heavy atom. The zero-order valence-electron chi connectivity index (χ0n) is 18.4. The molecule has 0 bridgehead atoms. The van der Waals surface area contributed by atoms with Crippen molar-refractivity contribution in [2.45, 2.75) is 25.3 Å². The van der Waals surface area contributed by atoms with Crippen molar-refractivity contribution in [1.29, 1.82) is 0 Å². The first-order chi connectivity index (χ1) is 15.9. The van der Waals surface area contributed by atoms with E-state index >= 15 is 0 Å². The standard InChI is InChI=1S/C25H24N2O4S2/c1-3-31-21-10-7-11-22-24(21)26-25(32-22)27(16-19-8-5-4-6-9-19)23(28)17-33(29,30)20-14-12-18(2)13-15-20/h4-15H,3,16-17H2,1-2H3. The fraction of sp³-hybridized carbons (Fsp3) is 0.200. The van der Waals surface area contributed by atoms with Gasteiger partial charge in [-0.25, -0.2) is 13.4 Å². The first kappa shape index (κ1) is 22.9. The van der Waals surface area contributed by atoms with Crippen LogP contribution in [0.3, 0.4) is 0 Å². The van der Waals surface area contributed by atoms with Crippen LogP contribution in [0.4, 0.5) is 5.13 Å². The lowest BCUT2D eigenvalue weighted by Gasteiger charge is -2.20. The van der Waals surface area contributed by atoms with E-state index in [1.54, 1.807) is 12.1 Å². The molecule has 0 saturated heterocycles. The quantitative estimate of drug-likeness (QED) is 0.354. The molecule has 0 radical (unpaired) electrons. The topological polar surface area (TPSA) is 76.6 Å². The number of hydrogen-bond acceptors (Lipinski definition) is 6. The number of aryl methyl sites for hydroxylation is 1. The highest BCUT2D eigenvalue weighted by Crippen LogP contribution is 2.35. The third-order valence-electron chi connectivity index (χ3n) is 5.08. The van der Waals surface area contributed by atoms with Gasteiger partial charge in [-0.05, 0) is 43.7 Å². The number of sulfone groups is 1. The van der Waals surface area contributed by atoms with Crippen molar-refractivity contribution in [3.05, 3.63) is 83.9 Å². The van der Waals surface area contributed by atoms with Crippen LogP contribution in [-0.2, 0) is 21.2 Å². The van der Waals surface area contributed by atoms with Gasteiger partial charge in [0.25, 0.3) is 0 Å². The first-order valence-electron chi connectivity index (χ1n) is 10.5. The number of carbonyl (C=O) groups excluding carboxylic acids is 1. The molecular formula is C25H24N2O4S2.